The van der Waals surface area contributed by atoms with Crippen LogP contribution in [0.1, 0.15) is 38.7 Å². The van der Waals surface area contributed by atoms with Crippen LogP contribution in [0.2, 0.25) is 0 Å². The maximum atomic E-state index is 14.3. The van der Waals surface area contributed by atoms with Crippen LogP contribution in [0.4, 0.5) is 14.5 Å². The molecule has 112 valence electrons. The summed E-state index contributed by atoms with van der Waals surface area (Å²) in [5, 5.41) is 3.09. The number of benzene rings is 1. The molecule has 20 heavy (non-hydrogen) atoms. The van der Waals surface area contributed by atoms with Crippen LogP contribution in [-0.4, -0.2) is 19.6 Å². The van der Waals surface area contributed by atoms with Gasteiger partial charge < -0.3 is 10.2 Å². The molecular weight excluding hydrogens is 258 g/mol. The van der Waals surface area contributed by atoms with Gasteiger partial charge in [-0.3, -0.25) is 0 Å². The number of nitrogens with zero attached hydrogens (tertiary/aromatic N) is 1. The number of rotatable bonds is 8. The molecule has 1 aliphatic carbocycles. The minimum absolute atomic E-state index is 0.152. The van der Waals surface area contributed by atoms with Gasteiger partial charge in [0.15, 0.2) is 0 Å². The molecule has 1 N–H and O–H groups in total. The summed E-state index contributed by atoms with van der Waals surface area (Å²) in [6, 6.07) is 2.91. The molecule has 0 spiro atoms. The topological polar surface area (TPSA) is 15.3 Å². The zero-order valence-electron chi connectivity index (χ0n) is 12.4. The molecule has 1 aliphatic rings. The minimum atomic E-state index is -0.438. The number of halogens is 2. The minimum Gasteiger partial charge on any atom is -0.367 e. The maximum absolute atomic E-state index is 14.3. The van der Waals surface area contributed by atoms with E-state index in [4.69, 9.17) is 0 Å². The van der Waals surface area contributed by atoms with Gasteiger partial charge in [-0.15, -0.1) is 0 Å². The van der Waals surface area contributed by atoms with Crippen molar-refractivity contribution in [3.8, 4) is 0 Å². The molecule has 0 unspecified atom stereocenters. The van der Waals surface area contributed by atoms with Crippen molar-refractivity contribution in [1.82, 2.24) is 5.32 Å². The van der Waals surface area contributed by atoms with Gasteiger partial charge in [-0.25, -0.2) is 8.78 Å². The van der Waals surface area contributed by atoms with Crippen molar-refractivity contribution in [1.29, 1.82) is 0 Å². The lowest BCUT2D eigenvalue weighted by atomic mass is 10.1. The first-order chi connectivity index (χ1) is 9.65. The van der Waals surface area contributed by atoms with Gasteiger partial charge >= 0.3 is 0 Å². The molecule has 0 amide bonds. The second-order valence-electron chi connectivity index (χ2n) is 5.58. The Morgan fingerprint density at radius 1 is 1.20 bits per heavy atom. The first-order valence-electron chi connectivity index (χ1n) is 7.59. The molecule has 1 saturated carbocycles. The van der Waals surface area contributed by atoms with Crippen molar-refractivity contribution in [2.24, 2.45) is 5.92 Å². The number of anilines is 1. The largest absolute Gasteiger partial charge is 0.367 e. The monoisotopic (exact) mass is 282 g/mol. The fourth-order valence-corrected chi connectivity index (χ4v) is 2.47. The second kappa shape index (κ2) is 7.02. The summed E-state index contributed by atoms with van der Waals surface area (Å²) in [6.45, 7) is 6.77. The fourth-order valence-electron chi connectivity index (χ4n) is 2.47. The van der Waals surface area contributed by atoms with Crippen molar-refractivity contribution < 1.29 is 8.78 Å². The summed E-state index contributed by atoms with van der Waals surface area (Å²) in [4.78, 5) is 1.87. The Bertz CT molecular complexity index is 421. The van der Waals surface area contributed by atoms with Crippen LogP contribution in [0.5, 0.6) is 0 Å². The predicted molar refractivity (Wildman–Crippen MR) is 79.0 cm³/mol. The third-order valence-corrected chi connectivity index (χ3v) is 3.64. The van der Waals surface area contributed by atoms with E-state index in [1.165, 1.54) is 25.0 Å². The van der Waals surface area contributed by atoms with E-state index in [1.807, 2.05) is 18.7 Å². The van der Waals surface area contributed by atoms with Gasteiger partial charge in [-0.05, 0) is 49.4 Å². The quantitative estimate of drug-likeness (QED) is 0.782. The highest BCUT2D eigenvalue weighted by molar-refractivity contribution is 5.51. The van der Waals surface area contributed by atoms with E-state index in [-0.39, 0.29) is 5.69 Å². The average molecular weight is 282 g/mol. The second-order valence-corrected chi connectivity index (χ2v) is 5.58. The summed E-state index contributed by atoms with van der Waals surface area (Å²) < 4.78 is 28.5. The van der Waals surface area contributed by atoms with E-state index < -0.39 is 11.6 Å². The fraction of sp³-hybridized carbons (Fsp3) is 0.625. The molecule has 4 heteroatoms. The molecule has 2 rings (SSSR count). The molecule has 0 radical (unpaired) electrons. The smallest absolute Gasteiger partial charge is 0.149 e. The lowest BCUT2D eigenvalue weighted by Gasteiger charge is -2.25. The Morgan fingerprint density at radius 2 is 1.85 bits per heavy atom. The molecule has 0 bridgehead atoms. The molecular formula is C16H24F2N2. The van der Waals surface area contributed by atoms with Crippen LogP contribution in [0, 0.1) is 17.6 Å². The van der Waals surface area contributed by atoms with E-state index in [2.05, 4.69) is 5.32 Å². The highest BCUT2D eigenvalue weighted by Crippen LogP contribution is 2.33. The summed E-state index contributed by atoms with van der Waals surface area (Å²) in [7, 11) is 0. The normalized spacial score (nSPS) is 14.6. The summed E-state index contributed by atoms with van der Waals surface area (Å²) in [5.41, 5.74) is 0.812. The first-order valence-corrected chi connectivity index (χ1v) is 7.59. The van der Waals surface area contributed by atoms with Crippen LogP contribution in [0.25, 0.3) is 0 Å². The van der Waals surface area contributed by atoms with Crippen molar-refractivity contribution in [2.45, 2.75) is 39.7 Å². The molecule has 0 atom stereocenters. The first kappa shape index (κ1) is 15.2. The van der Waals surface area contributed by atoms with Gasteiger partial charge in [-0.1, -0.05) is 13.8 Å². The van der Waals surface area contributed by atoms with Crippen LogP contribution in [0.15, 0.2) is 12.1 Å². The van der Waals surface area contributed by atoms with Gasteiger partial charge in [-0.2, -0.15) is 0 Å². The Hall–Kier alpha value is -1.16. The Kier molecular flexibility index (Phi) is 5.35. The summed E-state index contributed by atoms with van der Waals surface area (Å²) in [6.07, 6.45) is 3.26. The van der Waals surface area contributed by atoms with Gasteiger partial charge in [0.2, 0.25) is 0 Å². The third kappa shape index (κ3) is 3.92. The van der Waals surface area contributed by atoms with Gasteiger partial charge in [0.05, 0.1) is 0 Å². The molecule has 0 saturated heterocycles. The van der Waals surface area contributed by atoms with Crippen molar-refractivity contribution in [3.05, 3.63) is 29.3 Å². The maximum Gasteiger partial charge on any atom is 0.149 e. The molecule has 1 fully saturated rings. The number of hydrogen-bond donors (Lipinski definition) is 1. The zero-order valence-corrected chi connectivity index (χ0v) is 12.4. The van der Waals surface area contributed by atoms with Crippen LogP contribution < -0.4 is 10.2 Å². The van der Waals surface area contributed by atoms with Crippen molar-refractivity contribution in [3.63, 3.8) is 0 Å². The van der Waals surface area contributed by atoms with E-state index in [0.717, 1.165) is 19.5 Å². The lowest BCUT2D eigenvalue weighted by Crippen LogP contribution is -2.28. The van der Waals surface area contributed by atoms with E-state index in [9.17, 15) is 8.78 Å². The van der Waals surface area contributed by atoms with Crippen molar-refractivity contribution in [2.75, 3.05) is 24.5 Å². The zero-order chi connectivity index (χ0) is 14.5. The van der Waals surface area contributed by atoms with Gasteiger partial charge in [0, 0.05) is 19.6 Å². The molecule has 0 aromatic heterocycles. The molecule has 2 nitrogen and oxygen atoms in total. The molecule has 0 aliphatic heterocycles. The Labute approximate surface area is 120 Å². The van der Waals surface area contributed by atoms with Gasteiger partial charge in [0.25, 0.3) is 0 Å². The Morgan fingerprint density at radius 3 is 2.35 bits per heavy atom. The number of nitrogens with one attached hydrogen (secondary N) is 1. The van der Waals surface area contributed by atoms with Gasteiger partial charge in [0.1, 0.15) is 17.3 Å². The number of hydrogen-bond acceptors (Lipinski definition) is 2. The Balaban J connectivity index is 2.19. The summed E-state index contributed by atoms with van der Waals surface area (Å²) in [5.74, 6) is -0.263. The van der Waals surface area contributed by atoms with Crippen LogP contribution >= 0.6 is 0 Å². The predicted octanol–water partition coefficient (Wildman–Crippen LogP) is 3.70. The third-order valence-electron chi connectivity index (χ3n) is 3.64. The van der Waals surface area contributed by atoms with Crippen molar-refractivity contribution >= 4 is 5.69 Å². The molecule has 1 aromatic rings. The van der Waals surface area contributed by atoms with E-state index in [0.29, 0.717) is 24.6 Å². The SMILES string of the molecule is CCCN(CC1CC1)c1c(F)cc(CNCC)cc1F. The highest BCUT2D eigenvalue weighted by Gasteiger charge is 2.27. The van der Waals surface area contributed by atoms with Crippen LogP contribution in [-0.2, 0) is 6.54 Å². The highest BCUT2D eigenvalue weighted by atomic mass is 19.1. The standard InChI is InChI=1S/C16H24F2N2/c1-3-7-20(11-12-5-6-12)16-14(17)8-13(9-15(16)18)10-19-4-2/h8-9,12,19H,3-7,10-11H2,1-2H3. The molecule has 0 heterocycles. The lowest BCUT2D eigenvalue weighted by molar-refractivity contribution is 0.558. The van der Waals surface area contributed by atoms with E-state index >= 15 is 0 Å². The van der Waals surface area contributed by atoms with E-state index in [1.54, 1.807) is 0 Å². The van der Waals surface area contributed by atoms with Crippen LogP contribution in [0.3, 0.4) is 0 Å². The molecule has 1 aromatic carbocycles. The summed E-state index contributed by atoms with van der Waals surface area (Å²) >= 11 is 0. The average Bonchev–Trinajstić information content (AvgIpc) is 3.19.